The molecule has 8 nitrogen and oxygen atoms in total. The fraction of sp³-hybridized carbons (Fsp3) is 0.304. The molecule has 0 atom stereocenters. The first-order valence-corrected chi connectivity index (χ1v) is 10.6. The smallest absolute Gasteiger partial charge is 0.160 e. The molecule has 2 N–H and O–H groups in total. The molecule has 3 heterocycles. The molecule has 1 saturated carbocycles. The van der Waals surface area contributed by atoms with Gasteiger partial charge >= 0.3 is 0 Å². The number of hydrogen-bond acceptors (Lipinski definition) is 6. The highest BCUT2D eigenvalue weighted by Crippen LogP contribution is 2.35. The fourth-order valence-electron chi connectivity index (χ4n) is 3.78. The maximum atomic E-state index is 13.4. The van der Waals surface area contributed by atoms with E-state index in [9.17, 15) is 9.50 Å². The molecule has 3 aromatic heterocycles. The predicted molar refractivity (Wildman–Crippen MR) is 119 cm³/mol. The van der Waals surface area contributed by atoms with E-state index in [1.165, 1.54) is 31.3 Å². The number of rotatable bonds is 6. The number of anilines is 2. The highest BCUT2D eigenvalue weighted by atomic mass is 19.1. The van der Waals surface area contributed by atoms with E-state index >= 15 is 0 Å². The molecule has 4 aromatic rings. The van der Waals surface area contributed by atoms with Crippen LogP contribution in [-0.2, 0) is 6.54 Å². The van der Waals surface area contributed by atoms with E-state index in [1.54, 1.807) is 36.7 Å². The van der Waals surface area contributed by atoms with Gasteiger partial charge in [-0.05, 0) is 63.8 Å². The first kappa shape index (κ1) is 20.2. The van der Waals surface area contributed by atoms with Crippen LogP contribution in [0.1, 0.15) is 29.8 Å². The number of halogens is 1. The Balaban J connectivity index is 1.52. The second-order valence-corrected chi connectivity index (χ2v) is 8.27. The molecule has 0 bridgehead atoms. The van der Waals surface area contributed by atoms with Gasteiger partial charge in [-0.3, -0.25) is 0 Å². The second kappa shape index (κ2) is 7.74. The molecule has 1 aromatic carbocycles. The van der Waals surface area contributed by atoms with E-state index in [2.05, 4.69) is 20.4 Å². The topological polar surface area (TPSA) is 93.7 Å². The van der Waals surface area contributed by atoms with Crippen molar-refractivity contribution in [3.8, 4) is 22.8 Å². The summed E-state index contributed by atoms with van der Waals surface area (Å²) in [5, 5.41) is 22.7. The lowest BCUT2D eigenvalue weighted by molar-refractivity contribution is 0.466. The normalized spacial score (nSPS) is 13.5. The van der Waals surface area contributed by atoms with Crippen LogP contribution in [0.25, 0.3) is 17.1 Å². The maximum Gasteiger partial charge on any atom is 0.160 e. The Morgan fingerprint density at radius 1 is 1.09 bits per heavy atom. The van der Waals surface area contributed by atoms with Crippen molar-refractivity contribution in [1.82, 2.24) is 29.5 Å². The van der Waals surface area contributed by atoms with Crippen molar-refractivity contribution in [1.29, 1.82) is 0 Å². The van der Waals surface area contributed by atoms with Crippen LogP contribution in [0, 0.1) is 32.5 Å². The van der Waals surface area contributed by atoms with E-state index in [0.717, 1.165) is 29.2 Å². The van der Waals surface area contributed by atoms with Crippen LogP contribution in [0.15, 0.2) is 36.7 Å². The van der Waals surface area contributed by atoms with Crippen LogP contribution in [0.3, 0.4) is 0 Å². The quantitative estimate of drug-likeness (QED) is 0.467. The van der Waals surface area contributed by atoms with Crippen LogP contribution in [0.2, 0.25) is 0 Å². The summed E-state index contributed by atoms with van der Waals surface area (Å²) in [5.41, 5.74) is 3.79. The van der Waals surface area contributed by atoms with Gasteiger partial charge in [-0.1, -0.05) is 0 Å². The van der Waals surface area contributed by atoms with Crippen LogP contribution in [0.4, 0.5) is 16.0 Å². The minimum absolute atomic E-state index is 0.153. The van der Waals surface area contributed by atoms with E-state index in [0.29, 0.717) is 28.9 Å². The first-order valence-electron chi connectivity index (χ1n) is 10.6. The summed E-state index contributed by atoms with van der Waals surface area (Å²) >= 11 is 0. The Morgan fingerprint density at radius 2 is 1.84 bits per heavy atom. The van der Waals surface area contributed by atoms with Crippen molar-refractivity contribution < 1.29 is 9.50 Å². The maximum absolute atomic E-state index is 13.4. The standard InChI is InChI=1S/C23H24FN7O/c1-13-21(17-6-8-18(24)9-7-17)29-30(11-16-4-5-16)23(13)27-19-10-20(26-12-25-19)31-15(3)22(32)14(2)28-31/h6-10,12,16,32H,4-5,11H2,1-3H3,(H,25,26,27). The third-order valence-electron chi connectivity index (χ3n) is 5.80. The third-order valence-corrected chi connectivity index (χ3v) is 5.80. The molecule has 1 aliphatic rings. The molecule has 1 aliphatic carbocycles. The number of aryl methyl sites for hydroxylation is 1. The van der Waals surface area contributed by atoms with E-state index in [-0.39, 0.29) is 11.6 Å². The van der Waals surface area contributed by atoms with Gasteiger partial charge in [0.05, 0.1) is 11.4 Å². The molecule has 0 amide bonds. The lowest BCUT2D eigenvalue weighted by atomic mass is 10.1. The van der Waals surface area contributed by atoms with Crippen LogP contribution in [0.5, 0.6) is 5.75 Å². The number of nitrogens with zero attached hydrogens (tertiary/aromatic N) is 6. The molecule has 164 valence electrons. The summed E-state index contributed by atoms with van der Waals surface area (Å²) < 4.78 is 17.0. The highest BCUT2D eigenvalue weighted by molar-refractivity contribution is 5.71. The highest BCUT2D eigenvalue weighted by Gasteiger charge is 2.26. The van der Waals surface area contributed by atoms with Gasteiger partial charge in [0.2, 0.25) is 0 Å². The zero-order valence-electron chi connectivity index (χ0n) is 18.2. The molecule has 9 heteroatoms. The number of nitrogens with one attached hydrogen (secondary N) is 1. The van der Waals surface area contributed by atoms with Crippen LogP contribution < -0.4 is 5.32 Å². The Morgan fingerprint density at radius 3 is 2.50 bits per heavy atom. The first-order chi connectivity index (χ1) is 15.4. The van der Waals surface area contributed by atoms with Gasteiger partial charge < -0.3 is 10.4 Å². The Bertz CT molecular complexity index is 1290. The van der Waals surface area contributed by atoms with Gasteiger partial charge in [-0.25, -0.2) is 23.7 Å². The Kier molecular flexibility index (Phi) is 4.88. The molecule has 0 unspecified atom stereocenters. The number of hydrogen-bond donors (Lipinski definition) is 2. The molecule has 0 saturated heterocycles. The van der Waals surface area contributed by atoms with Crippen LogP contribution in [-0.4, -0.2) is 34.6 Å². The summed E-state index contributed by atoms with van der Waals surface area (Å²) in [5.74, 6) is 2.48. The molecule has 5 rings (SSSR count). The van der Waals surface area contributed by atoms with Crippen LogP contribution >= 0.6 is 0 Å². The summed E-state index contributed by atoms with van der Waals surface area (Å²) in [7, 11) is 0. The zero-order chi connectivity index (χ0) is 22.4. The third kappa shape index (κ3) is 3.70. The summed E-state index contributed by atoms with van der Waals surface area (Å²) in [4.78, 5) is 8.68. The molecule has 1 fully saturated rings. The lowest BCUT2D eigenvalue weighted by Gasteiger charge is -2.11. The van der Waals surface area contributed by atoms with Gasteiger partial charge in [0.1, 0.15) is 29.5 Å². The van der Waals surface area contributed by atoms with E-state index in [4.69, 9.17) is 5.10 Å². The number of benzene rings is 1. The van der Waals surface area contributed by atoms with Gasteiger partial charge in [0.25, 0.3) is 0 Å². The van der Waals surface area contributed by atoms with Crippen molar-refractivity contribution in [3.63, 3.8) is 0 Å². The van der Waals surface area contributed by atoms with Gasteiger partial charge in [-0.15, -0.1) is 0 Å². The van der Waals surface area contributed by atoms with Crippen molar-refractivity contribution in [3.05, 3.63) is 59.4 Å². The van der Waals surface area contributed by atoms with Gasteiger partial charge in [0.15, 0.2) is 11.6 Å². The van der Waals surface area contributed by atoms with Crippen molar-refractivity contribution in [2.45, 2.75) is 40.2 Å². The monoisotopic (exact) mass is 433 g/mol. The Hall–Kier alpha value is -3.75. The minimum atomic E-state index is -0.272. The van der Waals surface area contributed by atoms with Crippen molar-refractivity contribution >= 4 is 11.6 Å². The average Bonchev–Trinajstić information content (AvgIpc) is 3.51. The molecular weight excluding hydrogens is 409 g/mol. The summed E-state index contributed by atoms with van der Waals surface area (Å²) in [6.45, 7) is 6.34. The zero-order valence-corrected chi connectivity index (χ0v) is 18.2. The van der Waals surface area contributed by atoms with Crippen molar-refractivity contribution in [2.24, 2.45) is 5.92 Å². The predicted octanol–water partition coefficient (Wildman–Crippen LogP) is 4.45. The summed E-state index contributed by atoms with van der Waals surface area (Å²) in [6, 6.07) is 8.16. The molecule has 32 heavy (non-hydrogen) atoms. The van der Waals surface area contributed by atoms with Crippen molar-refractivity contribution in [2.75, 3.05) is 5.32 Å². The number of aromatic nitrogens is 6. The van der Waals surface area contributed by atoms with Gasteiger partial charge in [0, 0.05) is 23.7 Å². The van der Waals surface area contributed by atoms with Gasteiger partial charge in [-0.2, -0.15) is 10.2 Å². The second-order valence-electron chi connectivity index (χ2n) is 8.27. The molecule has 0 radical (unpaired) electrons. The molecule has 0 spiro atoms. The largest absolute Gasteiger partial charge is 0.504 e. The van der Waals surface area contributed by atoms with E-state index < -0.39 is 0 Å². The SMILES string of the molecule is Cc1nn(-c2cc(Nc3c(C)c(-c4ccc(F)cc4)nn3CC3CC3)ncn2)c(C)c1O. The molecular formula is C23H24FN7O. The Labute approximate surface area is 184 Å². The fourth-order valence-corrected chi connectivity index (χ4v) is 3.78. The number of aromatic hydroxyl groups is 1. The molecule has 0 aliphatic heterocycles. The average molecular weight is 433 g/mol. The summed E-state index contributed by atoms with van der Waals surface area (Å²) in [6.07, 6.45) is 3.86. The minimum Gasteiger partial charge on any atom is -0.504 e. The van der Waals surface area contributed by atoms with E-state index in [1.807, 2.05) is 11.6 Å². The lowest BCUT2D eigenvalue weighted by Crippen LogP contribution is -2.09.